The molecule has 2 aromatic carbocycles. The van der Waals surface area contributed by atoms with E-state index in [4.69, 9.17) is 19.6 Å². The van der Waals surface area contributed by atoms with E-state index in [-0.39, 0.29) is 23.3 Å². The van der Waals surface area contributed by atoms with Crippen molar-refractivity contribution >= 4 is 22.8 Å². The molecule has 1 amide bonds. The summed E-state index contributed by atoms with van der Waals surface area (Å²) in [6.07, 6.45) is 0.674. The highest BCUT2D eigenvalue weighted by Crippen LogP contribution is 2.21. The number of primary amides is 1. The second-order valence-electron chi connectivity index (χ2n) is 5.75. The zero-order valence-corrected chi connectivity index (χ0v) is 14.3. The third-order valence-corrected chi connectivity index (χ3v) is 3.74. The van der Waals surface area contributed by atoms with E-state index in [0.29, 0.717) is 18.4 Å². The molecule has 0 aliphatic heterocycles. The Balaban J connectivity index is 1.57. The van der Waals surface area contributed by atoms with Gasteiger partial charge < -0.3 is 19.6 Å². The van der Waals surface area contributed by atoms with Gasteiger partial charge in [-0.2, -0.15) is 0 Å². The van der Waals surface area contributed by atoms with Crippen molar-refractivity contribution in [1.29, 1.82) is 0 Å². The van der Waals surface area contributed by atoms with Crippen molar-refractivity contribution in [2.45, 2.75) is 12.8 Å². The van der Waals surface area contributed by atoms with Gasteiger partial charge in [0.25, 0.3) is 5.91 Å². The standard InChI is InChI=1S/C20H17NO6/c21-19(23)16-11-13-8-9-15(12-17(13)27-20(16)24)26-18(22)7-4-10-25-14-5-2-1-3-6-14/h1-3,5-6,8-9,11-12H,4,7,10H2,(H2,21,23). The Kier molecular flexibility index (Phi) is 5.51. The Labute approximate surface area is 154 Å². The van der Waals surface area contributed by atoms with Crippen LogP contribution in [0.4, 0.5) is 0 Å². The number of carbonyl (C=O) groups excluding carboxylic acids is 2. The largest absolute Gasteiger partial charge is 0.494 e. The number of benzene rings is 2. The number of amides is 1. The first kappa shape index (κ1) is 18.2. The minimum atomic E-state index is -0.862. The molecular formula is C20H17NO6. The van der Waals surface area contributed by atoms with E-state index in [0.717, 1.165) is 5.75 Å². The van der Waals surface area contributed by atoms with Crippen molar-refractivity contribution in [2.75, 3.05) is 6.61 Å². The highest BCUT2D eigenvalue weighted by molar-refractivity contribution is 5.95. The SMILES string of the molecule is NC(=O)c1cc2ccc(OC(=O)CCCOc3ccccc3)cc2oc1=O. The van der Waals surface area contributed by atoms with Crippen LogP contribution < -0.4 is 20.8 Å². The smallest absolute Gasteiger partial charge is 0.349 e. The summed E-state index contributed by atoms with van der Waals surface area (Å²) in [5, 5.41) is 0.500. The zero-order valence-electron chi connectivity index (χ0n) is 14.3. The maximum Gasteiger partial charge on any atom is 0.349 e. The van der Waals surface area contributed by atoms with Gasteiger partial charge in [0.2, 0.25) is 0 Å². The van der Waals surface area contributed by atoms with Crippen molar-refractivity contribution < 1.29 is 23.5 Å². The number of hydrogen-bond donors (Lipinski definition) is 1. The first-order valence-corrected chi connectivity index (χ1v) is 8.29. The Morgan fingerprint density at radius 3 is 2.52 bits per heavy atom. The summed E-state index contributed by atoms with van der Waals surface area (Å²) in [4.78, 5) is 34.8. The molecule has 0 atom stereocenters. The molecule has 0 saturated carbocycles. The van der Waals surface area contributed by atoms with Gasteiger partial charge in [-0.3, -0.25) is 9.59 Å². The van der Waals surface area contributed by atoms with Gasteiger partial charge in [0.05, 0.1) is 6.61 Å². The van der Waals surface area contributed by atoms with Crippen molar-refractivity contribution in [3.8, 4) is 11.5 Å². The third-order valence-electron chi connectivity index (χ3n) is 3.74. The average Bonchev–Trinajstić information content (AvgIpc) is 2.65. The molecular weight excluding hydrogens is 350 g/mol. The lowest BCUT2D eigenvalue weighted by atomic mass is 10.2. The Morgan fingerprint density at radius 1 is 1.00 bits per heavy atom. The van der Waals surface area contributed by atoms with Gasteiger partial charge in [-0.1, -0.05) is 18.2 Å². The van der Waals surface area contributed by atoms with Gasteiger partial charge in [0, 0.05) is 17.9 Å². The number of carbonyl (C=O) groups is 2. The summed E-state index contributed by atoms with van der Waals surface area (Å²) in [7, 11) is 0. The maximum atomic E-state index is 11.9. The number of nitrogens with two attached hydrogens (primary N) is 1. The van der Waals surface area contributed by atoms with Crippen LogP contribution in [0.5, 0.6) is 11.5 Å². The Bertz CT molecular complexity index is 1030. The number of rotatable bonds is 7. The number of fused-ring (bicyclic) bond motifs is 1. The van der Waals surface area contributed by atoms with E-state index in [1.54, 1.807) is 12.1 Å². The van der Waals surface area contributed by atoms with Crippen molar-refractivity contribution in [2.24, 2.45) is 5.73 Å². The summed E-state index contributed by atoms with van der Waals surface area (Å²) in [6.45, 7) is 0.390. The first-order valence-electron chi connectivity index (χ1n) is 8.29. The lowest BCUT2D eigenvalue weighted by molar-refractivity contribution is -0.134. The van der Waals surface area contributed by atoms with Crippen LogP contribution in [0.1, 0.15) is 23.2 Å². The molecule has 7 heteroatoms. The number of para-hydroxylation sites is 1. The van der Waals surface area contributed by atoms with Crippen LogP contribution >= 0.6 is 0 Å². The molecule has 0 aliphatic rings. The number of esters is 1. The molecule has 138 valence electrons. The monoisotopic (exact) mass is 367 g/mol. The Hall–Kier alpha value is -3.61. The summed E-state index contributed by atoms with van der Waals surface area (Å²) >= 11 is 0. The molecule has 2 N–H and O–H groups in total. The van der Waals surface area contributed by atoms with E-state index >= 15 is 0 Å². The van der Waals surface area contributed by atoms with Gasteiger partial charge >= 0.3 is 11.6 Å². The fraction of sp³-hybridized carbons (Fsp3) is 0.150. The van der Waals surface area contributed by atoms with Gasteiger partial charge in [0.1, 0.15) is 22.6 Å². The summed E-state index contributed by atoms with van der Waals surface area (Å²) in [5.74, 6) is -0.307. The highest BCUT2D eigenvalue weighted by Gasteiger charge is 2.12. The van der Waals surface area contributed by atoms with Gasteiger partial charge in [-0.05, 0) is 36.8 Å². The van der Waals surface area contributed by atoms with Crippen LogP contribution in [0.2, 0.25) is 0 Å². The molecule has 0 fully saturated rings. The second-order valence-corrected chi connectivity index (χ2v) is 5.75. The van der Waals surface area contributed by atoms with E-state index in [2.05, 4.69) is 0 Å². The van der Waals surface area contributed by atoms with Crippen molar-refractivity contribution in [3.05, 3.63) is 70.6 Å². The molecule has 0 bridgehead atoms. The summed E-state index contributed by atoms with van der Waals surface area (Å²) < 4.78 is 15.8. The van der Waals surface area contributed by atoms with Crippen LogP contribution in [0.25, 0.3) is 11.0 Å². The minimum absolute atomic E-state index is 0.176. The topological polar surface area (TPSA) is 109 Å². The third kappa shape index (κ3) is 4.72. The molecule has 0 unspecified atom stereocenters. The second kappa shape index (κ2) is 8.18. The van der Waals surface area contributed by atoms with Crippen LogP contribution in [0.15, 0.2) is 63.8 Å². The molecule has 1 heterocycles. The van der Waals surface area contributed by atoms with Gasteiger partial charge in [-0.25, -0.2) is 4.79 Å². The van der Waals surface area contributed by atoms with Crippen LogP contribution in [-0.2, 0) is 4.79 Å². The predicted molar refractivity (Wildman–Crippen MR) is 97.8 cm³/mol. The van der Waals surface area contributed by atoms with Gasteiger partial charge in [-0.15, -0.1) is 0 Å². The van der Waals surface area contributed by atoms with Crippen molar-refractivity contribution in [3.63, 3.8) is 0 Å². The quantitative estimate of drug-likeness (QED) is 0.298. The van der Waals surface area contributed by atoms with E-state index in [1.807, 2.05) is 30.3 Å². The lowest BCUT2D eigenvalue weighted by Gasteiger charge is -2.07. The fourth-order valence-electron chi connectivity index (χ4n) is 2.43. The van der Waals surface area contributed by atoms with Crippen LogP contribution in [0, 0.1) is 0 Å². The molecule has 0 radical (unpaired) electrons. The van der Waals surface area contributed by atoms with E-state index in [9.17, 15) is 14.4 Å². The zero-order chi connectivity index (χ0) is 19.2. The molecule has 7 nitrogen and oxygen atoms in total. The first-order chi connectivity index (χ1) is 13.0. The number of hydrogen-bond acceptors (Lipinski definition) is 6. The molecule has 0 spiro atoms. The van der Waals surface area contributed by atoms with Crippen LogP contribution in [-0.4, -0.2) is 18.5 Å². The summed E-state index contributed by atoms with van der Waals surface area (Å²) in [5.41, 5.74) is 4.25. The minimum Gasteiger partial charge on any atom is -0.494 e. The molecule has 0 saturated heterocycles. The normalized spacial score (nSPS) is 10.5. The van der Waals surface area contributed by atoms with Crippen LogP contribution in [0.3, 0.4) is 0 Å². The molecule has 1 aromatic heterocycles. The van der Waals surface area contributed by atoms with Crippen molar-refractivity contribution in [1.82, 2.24) is 0 Å². The Morgan fingerprint density at radius 2 is 1.78 bits per heavy atom. The average molecular weight is 367 g/mol. The fourth-order valence-corrected chi connectivity index (χ4v) is 2.43. The molecule has 3 rings (SSSR count). The van der Waals surface area contributed by atoms with Gasteiger partial charge in [0.15, 0.2) is 0 Å². The maximum absolute atomic E-state index is 11.9. The molecule has 3 aromatic rings. The van der Waals surface area contributed by atoms with E-state index in [1.165, 1.54) is 12.1 Å². The molecule has 0 aliphatic carbocycles. The summed E-state index contributed by atoms with van der Waals surface area (Å²) in [6, 6.07) is 15.2. The predicted octanol–water partition coefficient (Wildman–Crippen LogP) is 2.66. The lowest BCUT2D eigenvalue weighted by Crippen LogP contribution is -2.20. The number of ether oxygens (including phenoxy) is 2. The highest BCUT2D eigenvalue weighted by atomic mass is 16.5. The molecule has 27 heavy (non-hydrogen) atoms. The van der Waals surface area contributed by atoms with E-state index < -0.39 is 17.5 Å².